The van der Waals surface area contributed by atoms with Gasteiger partial charge in [0.15, 0.2) is 0 Å². The topological polar surface area (TPSA) is 9.23 Å². The van der Waals surface area contributed by atoms with Crippen molar-refractivity contribution in [3.8, 4) is 0 Å². The van der Waals surface area contributed by atoms with Crippen molar-refractivity contribution in [2.75, 3.05) is 13.2 Å². The fourth-order valence-corrected chi connectivity index (χ4v) is 6.41. The van der Waals surface area contributed by atoms with Crippen molar-refractivity contribution in [3.63, 3.8) is 0 Å². The van der Waals surface area contributed by atoms with Crippen molar-refractivity contribution >= 4 is 0 Å². The molecule has 90 valence electrons. The molecule has 0 aromatic rings. The van der Waals surface area contributed by atoms with E-state index in [0.717, 1.165) is 42.8 Å². The van der Waals surface area contributed by atoms with E-state index >= 15 is 0 Å². The summed E-state index contributed by atoms with van der Waals surface area (Å²) >= 11 is 0. The lowest BCUT2D eigenvalue weighted by molar-refractivity contribution is -0.0587. The monoisotopic (exact) mass is 220 g/mol. The van der Waals surface area contributed by atoms with Crippen molar-refractivity contribution in [1.29, 1.82) is 0 Å². The van der Waals surface area contributed by atoms with Crippen molar-refractivity contribution in [1.82, 2.24) is 0 Å². The van der Waals surface area contributed by atoms with Crippen LogP contribution in [0.1, 0.15) is 45.4 Å². The molecule has 4 saturated carbocycles. The third kappa shape index (κ3) is 0.978. The first-order chi connectivity index (χ1) is 7.86. The van der Waals surface area contributed by atoms with Crippen LogP contribution < -0.4 is 0 Å². The van der Waals surface area contributed by atoms with E-state index in [2.05, 4.69) is 6.92 Å². The van der Waals surface area contributed by atoms with Gasteiger partial charge in [0.2, 0.25) is 0 Å². The summed E-state index contributed by atoms with van der Waals surface area (Å²) in [4.78, 5) is 0. The molecular weight excluding hydrogens is 196 g/mol. The summed E-state index contributed by atoms with van der Waals surface area (Å²) in [5.74, 6) is 5.37. The molecule has 16 heavy (non-hydrogen) atoms. The van der Waals surface area contributed by atoms with Crippen LogP contribution in [0, 0.1) is 35.0 Å². The van der Waals surface area contributed by atoms with Gasteiger partial charge in [-0.2, -0.15) is 0 Å². The Kier molecular flexibility index (Phi) is 2.02. The van der Waals surface area contributed by atoms with Gasteiger partial charge >= 0.3 is 0 Å². The molecule has 4 aliphatic carbocycles. The molecule has 4 rings (SSSR count). The predicted molar refractivity (Wildman–Crippen MR) is 64.1 cm³/mol. The number of hydrogen-bond acceptors (Lipinski definition) is 1. The molecule has 0 spiro atoms. The van der Waals surface area contributed by atoms with E-state index in [0.29, 0.717) is 5.41 Å². The Morgan fingerprint density at radius 1 is 1.00 bits per heavy atom. The Labute approximate surface area is 98.9 Å². The summed E-state index contributed by atoms with van der Waals surface area (Å²) in [5.41, 5.74) is 0.668. The molecule has 0 aromatic heterocycles. The van der Waals surface area contributed by atoms with Crippen LogP contribution in [0.5, 0.6) is 0 Å². The molecule has 0 N–H and O–H groups in total. The van der Waals surface area contributed by atoms with E-state index in [1.807, 2.05) is 0 Å². The van der Waals surface area contributed by atoms with Crippen LogP contribution in [0.3, 0.4) is 0 Å². The molecular formula is C15H24O. The number of rotatable bonds is 3. The van der Waals surface area contributed by atoms with Crippen LogP contribution >= 0.6 is 0 Å². The fourth-order valence-electron chi connectivity index (χ4n) is 6.41. The van der Waals surface area contributed by atoms with E-state index in [9.17, 15) is 0 Å². The largest absolute Gasteiger partial charge is 0.381 e. The van der Waals surface area contributed by atoms with Crippen LogP contribution in [0.25, 0.3) is 0 Å². The van der Waals surface area contributed by atoms with Gasteiger partial charge < -0.3 is 4.74 Å². The molecule has 0 aromatic carbocycles. The summed E-state index contributed by atoms with van der Waals surface area (Å²) in [6.07, 6.45) is 9.27. The molecule has 1 nitrogen and oxygen atoms in total. The zero-order chi connectivity index (χ0) is 10.8. The predicted octanol–water partition coefficient (Wildman–Crippen LogP) is 3.49. The Bertz CT molecular complexity index is 276. The van der Waals surface area contributed by atoms with Crippen molar-refractivity contribution in [2.45, 2.75) is 45.4 Å². The lowest BCUT2D eigenvalue weighted by atomic mass is 9.59. The SMILES string of the molecule is CCOCC12C3CCC(C3)C1C1CCC2C1. The zero-order valence-electron chi connectivity index (χ0n) is 10.5. The first-order valence-electron chi connectivity index (χ1n) is 7.44. The molecule has 4 unspecified atom stereocenters. The standard InChI is InChI=1S/C15H24O/c1-2-16-9-15-12-5-3-10(7-12)14(15)11-4-6-13(15)8-11/h10-14H,2-9H2,1H3. The Balaban J connectivity index is 1.70. The molecule has 4 aliphatic rings. The summed E-state index contributed by atoms with van der Waals surface area (Å²) < 4.78 is 5.93. The maximum absolute atomic E-state index is 5.93. The van der Waals surface area contributed by atoms with Gasteiger partial charge in [-0.15, -0.1) is 0 Å². The van der Waals surface area contributed by atoms with Crippen molar-refractivity contribution in [2.24, 2.45) is 35.0 Å². The molecule has 1 heteroatoms. The number of hydrogen-bond donors (Lipinski definition) is 0. The minimum absolute atomic E-state index is 0.668. The molecule has 4 bridgehead atoms. The molecule has 0 amide bonds. The third-order valence-corrected chi connectivity index (χ3v) is 6.66. The van der Waals surface area contributed by atoms with Crippen LogP contribution in [0.2, 0.25) is 0 Å². The maximum Gasteiger partial charge on any atom is 0.0530 e. The summed E-state index contributed by atoms with van der Waals surface area (Å²) in [6.45, 7) is 4.19. The van der Waals surface area contributed by atoms with Crippen LogP contribution in [0.15, 0.2) is 0 Å². The van der Waals surface area contributed by atoms with E-state index in [4.69, 9.17) is 4.74 Å². The van der Waals surface area contributed by atoms with Gasteiger partial charge in [0.1, 0.15) is 0 Å². The second-order valence-corrected chi connectivity index (χ2v) is 6.82. The van der Waals surface area contributed by atoms with E-state index in [-0.39, 0.29) is 0 Å². The van der Waals surface area contributed by atoms with Crippen molar-refractivity contribution < 1.29 is 4.74 Å². The second kappa shape index (κ2) is 3.25. The van der Waals surface area contributed by atoms with Gasteiger partial charge in [-0.1, -0.05) is 0 Å². The quantitative estimate of drug-likeness (QED) is 0.662. The van der Waals surface area contributed by atoms with Crippen LogP contribution in [-0.4, -0.2) is 13.2 Å². The van der Waals surface area contributed by atoms with Gasteiger partial charge in [0.05, 0.1) is 6.61 Å². The Morgan fingerprint density at radius 3 is 2.19 bits per heavy atom. The van der Waals surface area contributed by atoms with Gasteiger partial charge in [-0.25, -0.2) is 0 Å². The highest BCUT2D eigenvalue weighted by Gasteiger charge is 2.68. The highest BCUT2D eigenvalue weighted by Crippen LogP contribution is 2.74. The van der Waals surface area contributed by atoms with Gasteiger partial charge in [0.25, 0.3) is 0 Å². The summed E-state index contributed by atoms with van der Waals surface area (Å²) in [5, 5.41) is 0. The molecule has 4 atom stereocenters. The van der Waals surface area contributed by atoms with Crippen molar-refractivity contribution in [3.05, 3.63) is 0 Å². The van der Waals surface area contributed by atoms with Crippen LogP contribution in [-0.2, 0) is 4.74 Å². The summed E-state index contributed by atoms with van der Waals surface area (Å²) in [7, 11) is 0. The van der Waals surface area contributed by atoms with Gasteiger partial charge in [-0.05, 0) is 75.0 Å². The van der Waals surface area contributed by atoms with E-state index in [1.165, 1.54) is 12.8 Å². The maximum atomic E-state index is 5.93. The van der Waals surface area contributed by atoms with Gasteiger partial charge in [0, 0.05) is 12.0 Å². The zero-order valence-corrected chi connectivity index (χ0v) is 10.5. The first kappa shape index (κ1) is 9.94. The van der Waals surface area contributed by atoms with Crippen LogP contribution in [0.4, 0.5) is 0 Å². The number of ether oxygens (including phenoxy) is 1. The minimum Gasteiger partial charge on any atom is -0.381 e. The smallest absolute Gasteiger partial charge is 0.0530 e. The summed E-state index contributed by atoms with van der Waals surface area (Å²) in [6, 6.07) is 0. The molecule has 0 radical (unpaired) electrons. The molecule has 4 fully saturated rings. The van der Waals surface area contributed by atoms with Gasteiger partial charge in [-0.3, -0.25) is 0 Å². The molecule has 0 saturated heterocycles. The lowest BCUT2D eigenvalue weighted by Gasteiger charge is -2.47. The lowest BCUT2D eigenvalue weighted by Crippen LogP contribution is -2.44. The normalized spacial score (nSPS) is 57.2. The first-order valence-corrected chi connectivity index (χ1v) is 7.44. The highest BCUT2D eigenvalue weighted by atomic mass is 16.5. The third-order valence-electron chi connectivity index (χ3n) is 6.66. The fraction of sp³-hybridized carbons (Fsp3) is 1.00. The Morgan fingerprint density at radius 2 is 1.62 bits per heavy atom. The second-order valence-electron chi connectivity index (χ2n) is 6.82. The highest BCUT2D eigenvalue weighted by molar-refractivity contribution is 5.16. The average molecular weight is 220 g/mol. The average Bonchev–Trinajstić information content (AvgIpc) is 3.02. The number of fused-ring (bicyclic) bond motifs is 9. The minimum atomic E-state index is 0.668. The Hall–Kier alpha value is -0.0400. The molecule has 0 aliphatic heterocycles. The van der Waals surface area contributed by atoms with E-state index < -0.39 is 0 Å². The molecule has 0 heterocycles. The van der Waals surface area contributed by atoms with E-state index in [1.54, 1.807) is 25.7 Å².